The van der Waals surface area contributed by atoms with Gasteiger partial charge in [-0.2, -0.15) is 13.2 Å². The average Bonchev–Trinajstić information content (AvgIpc) is 2.73. The van der Waals surface area contributed by atoms with Crippen molar-refractivity contribution in [3.63, 3.8) is 0 Å². The molecule has 9 heteroatoms. The second-order valence-corrected chi connectivity index (χ2v) is 8.67. The number of nitrogens with one attached hydrogen (secondary N) is 2. The fraction of sp³-hybridized carbons (Fsp3) is 0.238. The van der Waals surface area contributed by atoms with Crippen LogP contribution in [0.5, 0.6) is 0 Å². The van der Waals surface area contributed by atoms with Crippen molar-refractivity contribution in [3.05, 3.63) is 66.2 Å². The molecule has 0 bridgehead atoms. The number of para-hydroxylation sites is 1. The second kappa shape index (κ2) is 7.81. The predicted molar refractivity (Wildman–Crippen MR) is 111 cm³/mol. The summed E-state index contributed by atoms with van der Waals surface area (Å²) in [5.74, 6) is 0. The number of hydrogen-bond acceptors (Lipinski definition) is 4. The van der Waals surface area contributed by atoms with E-state index < -0.39 is 21.8 Å². The Balaban J connectivity index is 1.82. The van der Waals surface area contributed by atoms with E-state index in [1.165, 1.54) is 18.2 Å². The van der Waals surface area contributed by atoms with E-state index in [1.807, 2.05) is 0 Å². The Labute approximate surface area is 172 Å². The SMILES string of the molecule is O=S(=O)(Nc1cccc(C(F)(F)F)c1N1CCNCC1)c1cccc2ccccc12. The van der Waals surface area contributed by atoms with E-state index in [4.69, 9.17) is 0 Å². The minimum absolute atomic E-state index is 0.0178. The van der Waals surface area contributed by atoms with Gasteiger partial charge in [-0.15, -0.1) is 0 Å². The highest BCUT2D eigenvalue weighted by Gasteiger charge is 2.37. The Morgan fingerprint density at radius 1 is 0.900 bits per heavy atom. The molecule has 0 radical (unpaired) electrons. The molecule has 2 N–H and O–H groups in total. The summed E-state index contributed by atoms with van der Waals surface area (Å²) in [7, 11) is -4.12. The van der Waals surface area contributed by atoms with E-state index in [1.54, 1.807) is 41.3 Å². The van der Waals surface area contributed by atoms with Crippen LogP contribution in [0.4, 0.5) is 24.5 Å². The minimum Gasteiger partial charge on any atom is -0.367 e. The summed E-state index contributed by atoms with van der Waals surface area (Å²) in [5, 5.41) is 4.33. The third kappa shape index (κ3) is 3.95. The molecule has 0 aliphatic carbocycles. The van der Waals surface area contributed by atoms with Crippen LogP contribution < -0.4 is 14.9 Å². The van der Waals surface area contributed by atoms with Gasteiger partial charge < -0.3 is 10.2 Å². The summed E-state index contributed by atoms with van der Waals surface area (Å²) < 4.78 is 70.0. The normalized spacial score (nSPS) is 15.4. The standard InChI is InChI=1S/C21H20F3N3O2S/c22-21(23,24)17-8-4-9-18(20(17)27-13-11-25-12-14-27)26-30(28,29)19-10-3-6-15-5-1-2-7-16(15)19/h1-10,25-26H,11-14H2. The summed E-state index contributed by atoms with van der Waals surface area (Å²) in [5.41, 5.74) is -1.09. The lowest BCUT2D eigenvalue weighted by molar-refractivity contribution is -0.137. The highest BCUT2D eigenvalue weighted by atomic mass is 32.2. The first-order chi connectivity index (χ1) is 14.3. The first-order valence-corrected chi connectivity index (χ1v) is 10.9. The lowest BCUT2D eigenvalue weighted by atomic mass is 10.1. The van der Waals surface area contributed by atoms with Gasteiger partial charge in [0, 0.05) is 31.6 Å². The van der Waals surface area contributed by atoms with Gasteiger partial charge in [-0.05, 0) is 23.6 Å². The molecule has 0 unspecified atom stereocenters. The van der Waals surface area contributed by atoms with Crippen LogP contribution in [0.1, 0.15) is 5.56 Å². The van der Waals surface area contributed by atoms with Crippen molar-refractivity contribution in [2.24, 2.45) is 0 Å². The Bertz CT molecular complexity index is 1170. The highest BCUT2D eigenvalue weighted by molar-refractivity contribution is 7.93. The maximum atomic E-state index is 13.7. The predicted octanol–water partition coefficient (Wildman–Crippen LogP) is 4.07. The van der Waals surface area contributed by atoms with Gasteiger partial charge in [0.25, 0.3) is 10.0 Å². The van der Waals surface area contributed by atoms with Crippen molar-refractivity contribution in [1.29, 1.82) is 0 Å². The van der Waals surface area contributed by atoms with Crippen LogP contribution in [-0.4, -0.2) is 34.6 Å². The van der Waals surface area contributed by atoms with Crippen LogP contribution in [0.2, 0.25) is 0 Å². The molecule has 4 rings (SSSR count). The molecule has 1 heterocycles. The molecule has 158 valence electrons. The van der Waals surface area contributed by atoms with Gasteiger partial charge in [-0.1, -0.05) is 42.5 Å². The molecular formula is C21H20F3N3O2S. The molecule has 3 aromatic rings. The molecule has 0 atom stereocenters. The van der Waals surface area contributed by atoms with Gasteiger partial charge in [0.1, 0.15) is 0 Å². The lowest BCUT2D eigenvalue weighted by Gasteiger charge is -2.33. The summed E-state index contributed by atoms with van der Waals surface area (Å²) in [4.78, 5) is 1.59. The smallest absolute Gasteiger partial charge is 0.367 e. The van der Waals surface area contributed by atoms with Gasteiger partial charge in [0.05, 0.1) is 21.8 Å². The number of sulfonamides is 1. The van der Waals surface area contributed by atoms with E-state index in [-0.39, 0.29) is 16.3 Å². The summed E-state index contributed by atoms with van der Waals surface area (Å²) in [6.45, 7) is 1.72. The summed E-state index contributed by atoms with van der Waals surface area (Å²) >= 11 is 0. The van der Waals surface area contributed by atoms with Gasteiger partial charge >= 0.3 is 6.18 Å². The first kappa shape index (κ1) is 20.5. The third-order valence-corrected chi connectivity index (χ3v) is 6.48. The fourth-order valence-corrected chi connectivity index (χ4v) is 5.01. The number of piperazine rings is 1. The zero-order chi connectivity index (χ0) is 21.4. The summed E-state index contributed by atoms with van der Waals surface area (Å²) in [6, 6.07) is 15.4. The Morgan fingerprint density at radius 3 is 2.30 bits per heavy atom. The Hall–Kier alpha value is -2.78. The second-order valence-electron chi connectivity index (χ2n) is 7.02. The number of anilines is 2. The van der Waals surface area contributed by atoms with Gasteiger partial charge in [0.2, 0.25) is 0 Å². The average molecular weight is 435 g/mol. The van der Waals surface area contributed by atoms with Gasteiger partial charge in [-0.25, -0.2) is 8.42 Å². The van der Waals surface area contributed by atoms with Crippen molar-refractivity contribution < 1.29 is 21.6 Å². The van der Waals surface area contributed by atoms with Crippen LogP contribution in [0.3, 0.4) is 0 Å². The Morgan fingerprint density at radius 2 is 1.57 bits per heavy atom. The zero-order valence-corrected chi connectivity index (χ0v) is 16.7. The van der Waals surface area contributed by atoms with Crippen LogP contribution in [0.25, 0.3) is 10.8 Å². The number of halogens is 3. The molecule has 0 amide bonds. The molecule has 1 saturated heterocycles. The Kier molecular flexibility index (Phi) is 5.33. The number of alkyl halides is 3. The van der Waals surface area contributed by atoms with Crippen molar-refractivity contribution >= 4 is 32.2 Å². The molecule has 3 aromatic carbocycles. The molecular weight excluding hydrogens is 415 g/mol. The molecule has 1 aliphatic heterocycles. The topological polar surface area (TPSA) is 61.4 Å². The van der Waals surface area contributed by atoms with Crippen LogP contribution >= 0.6 is 0 Å². The summed E-state index contributed by atoms with van der Waals surface area (Å²) in [6.07, 6.45) is -4.61. The maximum absolute atomic E-state index is 13.7. The van der Waals surface area contributed by atoms with E-state index in [2.05, 4.69) is 10.0 Å². The van der Waals surface area contributed by atoms with Crippen molar-refractivity contribution in [1.82, 2.24) is 5.32 Å². The molecule has 1 fully saturated rings. The third-order valence-electron chi connectivity index (χ3n) is 5.06. The largest absolute Gasteiger partial charge is 0.418 e. The number of fused-ring (bicyclic) bond motifs is 1. The zero-order valence-electron chi connectivity index (χ0n) is 15.9. The van der Waals surface area contributed by atoms with Crippen molar-refractivity contribution in [2.75, 3.05) is 35.8 Å². The van der Waals surface area contributed by atoms with Gasteiger partial charge in [0.15, 0.2) is 0 Å². The molecule has 0 saturated carbocycles. The number of hydrogen-bond donors (Lipinski definition) is 2. The van der Waals surface area contributed by atoms with Crippen LogP contribution in [0.15, 0.2) is 65.6 Å². The molecule has 30 heavy (non-hydrogen) atoms. The van der Waals surface area contributed by atoms with E-state index >= 15 is 0 Å². The van der Waals surface area contributed by atoms with Gasteiger partial charge in [-0.3, -0.25) is 4.72 Å². The molecule has 0 aromatic heterocycles. The highest BCUT2D eigenvalue weighted by Crippen LogP contribution is 2.42. The first-order valence-electron chi connectivity index (χ1n) is 9.44. The minimum atomic E-state index is -4.61. The van der Waals surface area contributed by atoms with Crippen LogP contribution in [-0.2, 0) is 16.2 Å². The van der Waals surface area contributed by atoms with E-state index in [9.17, 15) is 21.6 Å². The number of rotatable bonds is 4. The van der Waals surface area contributed by atoms with Crippen molar-refractivity contribution in [2.45, 2.75) is 11.1 Å². The monoisotopic (exact) mass is 435 g/mol. The quantitative estimate of drug-likeness (QED) is 0.649. The fourth-order valence-electron chi connectivity index (χ4n) is 3.71. The van der Waals surface area contributed by atoms with E-state index in [0.717, 1.165) is 11.5 Å². The maximum Gasteiger partial charge on any atom is 0.418 e. The lowest BCUT2D eigenvalue weighted by Crippen LogP contribution is -2.44. The van der Waals surface area contributed by atoms with Crippen molar-refractivity contribution in [3.8, 4) is 0 Å². The number of nitrogens with zero attached hydrogens (tertiary/aromatic N) is 1. The van der Waals surface area contributed by atoms with Crippen LogP contribution in [0, 0.1) is 0 Å². The number of benzene rings is 3. The molecule has 5 nitrogen and oxygen atoms in total. The van der Waals surface area contributed by atoms with E-state index in [0.29, 0.717) is 31.6 Å². The molecule has 1 aliphatic rings. The molecule has 0 spiro atoms.